The first-order valence-corrected chi connectivity index (χ1v) is 12.3. The van der Waals surface area contributed by atoms with Crippen LogP contribution in [0.2, 0.25) is 0 Å². The lowest BCUT2D eigenvalue weighted by Gasteiger charge is -2.31. The number of nitrogens with one attached hydrogen (secondary N) is 1. The van der Waals surface area contributed by atoms with Crippen LogP contribution >= 0.6 is 0 Å². The molecule has 0 saturated heterocycles. The SMILES string of the molecule is COc1ccc(CN(C(=O)c2cnccn2)[C@H](C(=O)NCc2ccccc2)c2ccc(OC)c(OC)c2)cc1. The van der Waals surface area contributed by atoms with Gasteiger partial charge in [0, 0.05) is 25.5 Å². The Balaban J connectivity index is 1.78. The lowest BCUT2D eigenvalue weighted by molar-refractivity contribution is -0.126. The van der Waals surface area contributed by atoms with Crippen molar-refractivity contribution < 1.29 is 23.8 Å². The zero-order valence-electron chi connectivity index (χ0n) is 22.0. The molecule has 9 nitrogen and oxygen atoms in total. The van der Waals surface area contributed by atoms with E-state index in [0.29, 0.717) is 29.4 Å². The molecule has 0 fully saturated rings. The molecule has 0 bridgehead atoms. The van der Waals surface area contributed by atoms with Gasteiger partial charge in [-0.05, 0) is 41.0 Å². The Labute approximate surface area is 227 Å². The van der Waals surface area contributed by atoms with Gasteiger partial charge in [-0.3, -0.25) is 14.6 Å². The summed E-state index contributed by atoms with van der Waals surface area (Å²) in [4.78, 5) is 37.6. The van der Waals surface area contributed by atoms with Gasteiger partial charge in [0.05, 0.1) is 27.5 Å². The molecular weight excluding hydrogens is 496 g/mol. The second-order valence-electron chi connectivity index (χ2n) is 8.59. The normalized spacial score (nSPS) is 11.3. The maximum atomic E-state index is 13.9. The van der Waals surface area contributed by atoms with Crippen molar-refractivity contribution in [1.29, 1.82) is 0 Å². The van der Waals surface area contributed by atoms with Crippen LogP contribution in [0.15, 0.2) is 91.4 Å². The smallest absolute Gasteiger partial charge is 0.275 e. The van der Waals surface area contributed by atoms with Crippen molar-refractivity contribution >= 4 is 11.8 Å². The lowest BCUT2D eigenvalue weighted by Crippen LogP contribution is -2.43. The molecule has 0 saturated carbocycles. The number of hydrogen-bond acceptors (Lipinski definition) is 7. The summed E-state index contributed by atoms with van der Waals surface area (Å²) in [7, 11) is 4.64. The van der Waals surface area contributed by atoms with E-state index in [9.17, 15) is 9.59 Å². The van der Waals surface area contributed by atoms with E-state index < -0.39 is 11.9 Å². The fourth-order valence-electron chi connectivity index (χ4n) is 4.14. The van der Waals surface area contributed by atoms with Gasteiger partial charge in [0.2, 0.25) is 5.91 Å². The molecule has 2 amide bonds. The van der Waals surface area contributed by atoms with Crippen LogP contribution < -0.4 is 19.5 Å². The molecule has 4 aromatic rings. The van der Waals surface area contributed by atoms with Crippen molar-refractivity contribution in [3.8, 4) is 17.2 Å². The van der Waals surface area contributed by atoms with Gasteiger partial charge >= 0.3 is 0 Å². The predicted octanol–water partition coefficient (Wildman–Crippen LogP) is 4.20. The maximum absolute atomic E-state index is 13.9. The average molecular weight is 527 g/mol. The minimum atomic E-state index is -1.02. The molecule has 9 heteroatoms. The van der Waals surface area contributed by atoms with Gasteiger partial charge in [-0.2, -0.15) is 0 Å². The van der Waals surface area contributed by atoms with Crippen molar-refractivity contribution in [1.82, 2.24) is 20.2 Å². The molecule has 1 atom stereocenters. The number of carbonyl (C=O) groups excluding carboxylic acids is 2. The monoisotopic (exact) mass is 526 g/mol. The van der Waals surface area contributed by atoms with Crippen LogP contribution in [0.25, 0.3) is 0 Å². The first-order valence-electron chi connectivity index (χ1n) is 12.3. The summed E-state index contributed by atoms with van der Waals surface area (Å²) in [5.41, 5.74) is 2.39. The third-order valence-corrected chi connectivity index (χ3v) is 6.15. The molecule has 1 N–H and O–H groups in total. The summed E-state index contributed by atoms with van der Waals surface area (Å²) in [6.45, 7) is 0.413. The van der Waals surface area contributed by atoms with Gasteiger partial charge in [-0.1, -0.05) is 48.5 Å². The Hall–Kier alpha value is -4.92. The molecule has 4 rings (SSSR count). The number of ether oxygens (including phenoxy) is 3. The van der Waals surface area contributed by atoms with Gasteiger partial charge < -0.3 is 24.4 Å². The van der Waals surface area contributed by atoms with Gasteiger partial charge in [-0.15, -0.1) is 0 Å². The molecule has 0 radical (unpaired) electrons. The van der Waals surface area contributed by atoms with E-state index in [1.807, 2.05) is 42.5 Å². The molecule has 0 spiro atoms. The zero-order valence-corrected chi connectivity index (χ0v) is 22.0. The Morgan fingerprint density at radius 2 is 1.59 bits per heavy atom. The first-order chi connectivity index (χ1) is 19.0. The molecule has 0 aliphatic carbocycles. The van der Waals surface area contributed by atoms with Crippen LogP contribution in [0.1, 0.15) is 33.2 Å². The molecule has 1 heterocycles. The zero-order chi connectivity index (χ0) is 27.6. The summed E-state index contributed by atoms with van der Waals surface area (Å²) >= 11 is 0. The highest BCUT2D eigenvalue weighted by Crippen LogP contribution is 2.33. The van der Waals surface area contributed by atoms with Crippen LogP contribution in [0.4, 0.5) is 0 Å². The van der Waals surface area contributed by atoms with Gasteiger partial charge in [0.15, 0.2) is 11.5 Å². The van der Waals surface area contributed by atoms with Crippen LogP contribution in [0.5, 0.6) is 17.2 Å². The van der Waals surface area contributed by atoms with Crippen molar-refractivity contribution in [2.45, 2.75) is 19.1 Å². The third-order valence-electron chi connectivity index (χ3n) is 6.15. The summed E-state index contributed by atoms with van der Waals surface area (Å²) in [6.07, 6.45) is 4.32. The third kappa shape index (κ3) is 6.70. The van der Waals surface area contributed by atoms with Crippen molar-refractivity contribution in [3.63, 3.8) is 0 Å². The summed E-state index contributed by atoms with van der Waals surface area (Å²) in [5.74, 6) is 0.812. The first kappa shape index (κ1) is 27.1. The fourth-order valence-corrected chi connectivity index (χ4v) is 4.14. The van der Waals surface area contributed by atoms with Crippen LogP contribution in [-0.4, -0.2) is 48.0 Å². The van der Waals surface area contributed by atoms with E-state index in [1.165, 1.54) is 37.7 Å². The number of amides is 2. The standard InChI is InChI=1S/C30H30N4O5/c1-37-24-12-9-22(10-13-24)20-34(30(36)25-19-31-15-16-32-25)28(23-11-14-26(38-2)27(17-23)39-3)29(35)33-18-21-7-5-4-6-8-21/h4-17,19,28H,18,20H2,1-3H3,(H,33,35)/t28-/m0/s1. The largest absolute Gasteiger partial charge is 0.497 e. The molecule has 3 aromatic carbocycles. The minimum Gasteiger partial charge on any atom is -0.497 e. The van der Waals surface area contributed by atoms with Crippen molar-refractivity contribution in [3.05, 3.63) is 114 Å². The molecular formula is C30H30N4O5. The fraction of sp³-hybridized carbons (Fsp3) is 0.200. The van der Waals surface area contributed by atoms with Crippen LogP contribution in [-0.2, 0) is 17.9 Å². The van der Waals surface area contributed by atoms with Gasteiger partial charge in [-0.25, -0.2) is 4.98 Å². The molecule has 0 aliphatic rings. The number of methoxy groups -OCH3 is 3. The Bertz CT molecular complexity index is 1380. The van der Waals surface area contributed by atoms with Crippen LogP contribution in [0, 0.1) is 0 Å². The number of benzene rings is 3. The minimum absolute atomic E-state index is 0.118. The molecule has 0 aliphatic heterocycles. The summed E-state index contributed by atoms with van der Waals surface area (Å²) in [5, 5.41) is 2.99. The Morgan fingerprint density at radius 1 is 0.846 bits per heavy atom. The van der Waals surface area contributed by atoms with E-state index in [1.54, 1.807) is 37.4 Å². The average Bonchev–Trinajstić information content (AvgIpc) is 3.00. The number of rotatable bonds is 11. The summed E-state index contributed by atoms with van der Waals surface area (Å²) in [6, 6.07) is 21.0. The topological polar surface area (TPSA) is 103 Å². The maximum Gasteiger partial charge on any atom is 0.275 e. The lowest BCUT2D eigenvalue weighted by atomic mass is 10.0. The number of hydrogen-bond donors (Lipinski definition) is 1. The van der Waals surface area contributed by atoms with Crippen LogP contribution in [0.3, 0.4) is 0 Å². The van der Waals surface area contributed by atoms with Crippen molar-refractivity contribution in [2.75, 3.05) is 21.3 Å². The number of carbonyl (C=O) groups is 2. The highest BCUT2D eigenvalue weighted by atomic mass is 16.5. The van der Waals surface area contributed by atoms with E-state index in [2.05, 4.69) is 15.3 Å². The van der Waals surface area contributed by atoms with Gasteiger partial charge in [0.25, 0.3) is 5.91 Å². The van der Waals surface area contributed by atoms with E-state index in [4.69, 9.17) is 14.2 Å². The molecule has 200 valence electrons. The van der Waals surface area contributed by atoms with E-state index in [0.717, 1.165) is 11.1 Å². The quantitative estimate of drug-likeness (QED) is 0.312. The van der Waals surface area contributed by atoms with E-state index in [-0.39, 0.29) is 18.1 Å². The Morgan fingerprint density at radius 3 is 2.23 bits per heavy atom. The highest BCUT2D eigenvalue weighted by molar-refractivity contribution is 5.96. The highest BCUT2D eigenvalue weighted by Gasteiger charge is 2.33. The van der Waals surface area contributed by atoms with E-state index >= 15 is 0 Å². The summed E-state index contributed by atoms with van der Waals surface area (Å²) < 4.78 is 16.2. The molecule has 39 heavy (non-hydrogen) atoms. The molecule has 0 unspecified atom stereocenters. The number of aromatic nitrogens is 2. The van der Waals surface area contributed by atoms with Crippen molar-refractivity contribution in [2.24, 2.45) is 0 Å². The number of nitrogens with zero attached hydrogens (tertiary/aromatic N) is 3. The Kier molecular flexibility index (Phi) is 9.07. The second-order valence-corrected chi connectivity index (χ2v) is 8.59. The van der Waals surface area contributed by atoms with Gasteiger partial charge in [0.1, 0.15) is 17.5 Å². The predicted molar refractivity (Wildman–Crippen MR) is 145 cm³/mol. The second kappa shape index (κ2) is 13.0. The molecule has 1 aromatic heterocycles.